The third kappa shape index (κ3) is 3.19. The van der Waals surface area contributed by atoms with Crippen LogP contribution in [-0.2, 0) is 10.0 Å². The molecule has 0 bridgehead atoms. The van der Waals surface area contributed by atoms with Gasteiger partial charge in [-0.2, -0.15) is 5.26 Å². The number of nitrogens with one attached hydrogen (secondary N) is 1. The Labute approximate surface area is 106 Å². The van der Waals surface area contributed by atoms with Gasteiger partial charge in [-0.05, 0) is 24.3 Å². The van der Waals surface area contributed by atoms with Gasteiger partial charge in [-0.1, -0.05) is 0 Å². The molecule has 0 aliphatic rings. The van der Waals surface area contributed by atoms with Gasteiger partial charge in [0.05, 0.1) is 10.6 Å². The lowest BCUT2D eigenvalue weighted by molar-refractivity contribution is 0.521. The SMILES string of the molecule is CN(C)S(=O)(=O)c1ccc(N=C(N)NC#N)cc1. The Morgan fingerprint density at radius 1 is 1.39 bits per heavy atom. The number of hydrogen-bond acceptors (Lipinski definition) is 4. The Morgan fingerprint density at radius 3 is 2.39 bits per heavy atom. The summed E-state index contributed by atoms with van der Waals surface area (Å²) >= 11 is 0. The number of nitrogens with two attached hydrogens (primary N) is 1. The molecule has 0 aliphatic carbocycles. The summed E-state index contributed by atoms with van der Waals surface area (Å²) in [4.78, 5) is 4.03. The van der Waals surface area contributed by atoms with Crippen molar-refractivity contribution in [1.29, 1.82) is 5.26 Å². The molecule has 0 aromatic heterocycles. The predicted molar refractivity (Wildman–Crippen MR) is 67.3 cm³/mol. The minimum atomic E-state index is -3.45. The normalized spacial score (nSPS) is 12.2. The fraction of sp³-hybridized carbons (Fsp3) is 0.200. The number of rotatable bonds is 3. The summed E-state index contributed by atoms with van der Waals surface area (Å²) in [5.41, 5.74) is 5.83. The molecule has 0 atom stereocenters. The van der Waals surface area contributed by atoms with Gasteiger partial charge in [0.2, 0.25) is 16.0 Å². The minimum absolute atomic E-state index is 0.0549. The summed E-state index contributed by atoms with van der Waals surface area (Å²) in [6, 6.07) is 5.85. The molecule has 8 heteroatoms. The van der Waals surface area contributed by atoms with E-state index in [1.807, 2.05) is 0 Å². The molecule has 0 fully saturated rings. The first-order valence-corrected chi connectivity index (χ1v) is 6.34. The van der Waals surface area contributed by atoms with Gasteiger partial charge in [-0.15, -0.1) is 0 Å². The fourth-order valence-electron chi connectivity index (χ4n) is 1.13. The van der Waals surface area contributed by atoms with Crippen molar-refractivity contribution in [2.24, 2.45) is 10.7 Å². The molecular weight excluding hydrogens is 254 g/mol. The number of nitriles is 1. The van der Waals surface area contributed by atoms with Gasteiger partial charge in [0.1, 0.15) is 0 Å². The van der Waals surface area contributed by atoms with E-state index >= 15 is 0 Å². The molecule has 96 valence electrons. The molecular formula is C10H13N5O2S. The van der Waals surface area contributed by atoms with Crippen molar-refractivity contribution < 1.29 is 8.42 Å². The molecule has 1 rings (SSSR count). The topological polar surface area (TPSA) is 112 Å². The highest BCUT2D eigenvalue weighted by molar-refractivity contribution is 7.89. The fourth-order valence-corrected chi connectivity index (χ4v) is 2.03. The molecule has 1 aromatic carbocycles. The van der Waals surface area contributed by atoms with Crippen LogP contribution in [0.4, 0.5) is 5.69 Å². The van der Waals surface area contributed by atoms with Gasteiger partial charge in [0.15, 0.2) is 6.19 Å². The Bertz CT molecular complexity index is 584. The van der Waals surface area contributed by atoms with Crippen molar-refractivity contribution in [3.05, 3.63) is 24.3 Å². The van der Waals surface area contributed by atoms with E-state index in [1.165, 1.54) is 38.4 Å². The monoisotopic (exact) mass is 267 g/mol. The van der Waals surface area contributed by atoms with Gasteiger partial charge in [-0.3, -0.25) is 5.32 Å². The summed E-state index contributed by atoms with van der Waals surface area (Å²) in [7, 11) is -0.538. The van der Waals surface area contributed by atoms with Crippen molar-refractivity contribution in [2.45, 2.75) is 4.90 Å². The van der Waals surface area contributed by atoms with E-state index in [0.717, 1.165) is 4.31 Å². The van der Waals surface area contributed by atoms with Gasteiger partial charge >= 0.3 is 0 Å². The second-order valence-corrected chi connectivity index (χ2v) is 5.67. The molecule has 0 saturated carbocycles. The summed E-state index contributed by atoms with van der Waals surface area (Å²) in [6.45, 7) is 0. The van der Waals surface area contributed by atoms with E-state index < -0.39 is 10.0 Å². The summed E-state index contributed by atoms with van der Waals surface area (Å²) < 4.78 is 24.7. The highest BCUT2D eigenvalue weighted by atomic mass is 32.2. The molecule has 18 heavy (non-hydrogen) atoms. The molecule has 0 spiro atoms. The molecule has 0 aliphatic heterocycles. The van der Waals surface area contributed by atoms with Crippen molar-refractivity contribution >= 4 is 21.7 Å². The number of hydrogen-bond donors (Lipinski definition) is 2. The Morgan fingerprint density at radius 2 is 1.94 bits per heavy atom. The molecule has 3 N–H and O–H groups in total. The minimum Gasteiger partial charge on any atom is -0.369 e. The van der Waals surface area contributed by atoms with E-state index in [1.54, 1.807) is 6.19 Å². The van der Waals surface area contributed by atoms with Gasteiger partial charge in [0, 0.05) is 14.1 Å². The lowest BCUT2D eigenvalue weighted by Crippen LogP contribution is -2.26. The quantitative estimate of drug-likeness (QED) is 0.345. The Balaban J connectivity index is 3.02. The Hall–Kier alpha value is -2.11. The van der Waals surface area contributed by atoms with Crippen LogP contribution in [0.1, 0.15) is 0 Å². The highest BCUT2D eigenvalue weighted by Gasteiger charge is 2.16. The first-order chi connectivity index (χ1) is 8.37. The largest absolute Gasteiger partial charge is 0.369 e. The van der Waals surface area contributed by atoms with Crippen molar-refractivity contribution in [3.8, 4) is 6.19 Å². The van der Waals surface area contributed by atoms with Gasteiger partial charge in [-0.25, -0.2) is 17.7 Å². The number of sulfonamides is 1. The Kier molecular flexibility index (Phi) is 4.25. The number of nitrogens with zero attached hydrogens (tertiary/aromatic N) is 3. The number of aliphatic imine (C=N–C) groups is 1. The molecule has 0 radical (unpaired) electrons. The molecule has 0 unspecified atom stereocenters. The zero-order valence-corrected chi connectivity index (χ0v) is 10.8. The van der Waals surface area contributed by atoms with Crippen LogP contribution >= 0.6 is 0 Å². The van der Waals surface area contributed by atoms with Crippen LogP contribution in [0.5, 0.6) is 0 Å². The zero-order chi connectivity index (χ0) is 13.8. The van der Waals surface area contributed by atoms with Crippen LogP contribution in [0.2, 0.25) is 0 Å². The average Bonchev–Trinajstić information content (AvgIpc) is 2.29. The molecule has 0 amide bonds. The van der Waals surface area contributed by atoms with Crippen molar-refractivity contribution in [1.82, 2.24) is 9.62 Å². The van der Waals surface area contributed by atoms with Crippen LogP contribution in [0.15, 0.2) is 34.2 Å². The standard InChI is InChI=1S/C10H13N5O2S/c1-15(2)18(16,17)9-5-3-8(4-6-9)14-10(12)13-7-11/h3-6H,1-2H3,(H3,12,13,14). The maximum atomic E-state index is 11.8. The van der Waals surface area contributed by atoms with Crippen LogP contribution in [0.3, 0.4) is 0 Å². The van der Waals surface area contributed by atoms with E-state index in [4.69, 9.17) is 11.0 Å². The van der Waals surface area contributed by atoms with E-state index in [0.29, 0.717) is 5.69 Å². The van der Waals surface area contributed by atoms with Crippen molar-refractivity contribution in [3.63, 3.8) is 0 Å². The van der Waals surface area contributed by atoms with E-state index in [-0.39, 0.29) is 10.9 Å². The van der Waals surface area contributed by atoms with Crippen LogP contribution in [-0.4, -0.2) is 32.8 Å². The maximum absolute atomic E-state index is 11.8. The molecule has 0 heterocycles. The van der Waals surface area contributed by atoms with Crippen molar-refractivity contribution in [2.75, 3.05) is 14.1 Å². The molecule has 1 aromatic rings. The summed E-state index contributed by atoms with van der Waals surface area (Å²) in [5.74, 6) is -0.0549. The van der Waals surface area contributed by atoms with E-state index in [9.17, 15) is 8.42 Å². The molecule has 0 saturated heterocycles. The van der Waals surface area contributed by atoms with Crippen LogP contribution < -0.4 is 11.1 Å². The van der Waals surface area contributed by atoms with Crippen LogP contribution in [0.25, 0.3) is 0 Å². The summed E-state index contributed by atoms with van der Waals surface area (Å²) in [6.07, 6.45) is 1.63. The second-order valence-electron chi connectivity index (χ2n) is 3.52. The van der Waals surface area contributed by atoms with Gasteiger partial charge < -0.3 is 5.73 Å². The lowest BCUT2D eigenvalue weighted by Gasteiger charge is -2.10. The third-order valence-electron chi connectivity index (χ3n) is 2.05. The molecule has 7 nitrogen and oxygen atoms in total. The highest BCUT2D eigenvalue weighted by Crippen LogP contribution is 2.18. The lowest BCUT2D eigenvalue weighted by atomic mass is 10.3. The first-order valence-electron chi connectivity index (χ1n) is 4.90. The van der Waals surface area contributed by atoms with Gasteiger partial charge in [0.25, 0.3) is 0 Å². The first kappa shape index (κ1) is 14.0. The third-order valence-corrected chi connectivity index (χ3v) is 3.88. The van der Waals surface area contributed by atoms with E-state index in [2.05, 4.69) is 10.3 Å². The number of guanidine groups is 1. The average molecular weight is 267 g/mol. The zero-order valence-electron chi connectivity index (χ0n) is 9.95. The summed E-state index contributed by atoms with van der Waals surface area (Å²) in [5, 5.41) is 10.5. The maximum Gasteiger partial charge on any atom is 0.242 e. The number of benzene rings is 1. The van der Waals surface area contributed by atoms with Crippen LogP contribution in [0, 0.1) is 11.5 Å². The smallest absolute Gasteiger partial charge is 0.242 e. The second kappa shape index (κ2) is 5.48. The predicted octanol–water partition coefficient (Wildman–Crippen LogP) is -0.0462.